The molecule has 9 nitrogen and oxygen atoms in total. The number of fused-ring (bicyclic) bond motifs is 1. The minimum Gasteiger partial charge on any atom is -0.491 e. The molecule has 1 atom stereocenters. The van der Waals surface area contributed by atoms with Gasteiger partial charge in [0.1, 0.15) is 18.5 Å². The third kappa shape index (κ3) is 5.16. The lowest BCUT2D eigenvalue weighted by Crippen LogP contribution is -2.31. The molecule has 0 fully saturated rings. The number of hydrogen-bond acceptors (Lipinski definition) is 6. The van der Waals surface area contributed by atoms with Gasteiger partial charge in [-0.05, 0) is 43.5 Å². The van der Waals surface area contributed by atoms with Gasteiger partial charge >= 0.3 is 5.69 Å². The maximum Gasteiger partial charge on any atom is 0.329 e. The van der Waals surface area contributed by atoms with Crippen molar-refractivity contribution in [3.63, 3.8) is 0 Å². The standard InChI is InChI=1S/C22H31N5O4/c1-5-6-7-10-23-21-24-19-18(20(29)25-22(30)26(19)4)27(21)12-16(28)13-31-17-9-8-14(2)15(3)11-17/h8-9,11,16,28H,5-7,10,12-13H2,1-4H3,(H,23,24)(H,25,29,30)/t16-/m0/s1. The third-order valence-electron chi connectivity index (χ3n) is 5.38. The smallest absolute Gasteiger partial charge is 0.329 e. The molecule has 3 aromatic rings. The van der Waals surface area contributed by atoms with Crippen LogP contribution < -0.4 is 21.3 Å². The second-order valence-electron chi connectivity index (χ2n) is 7.88. The zero-order valence-corrected chi connectivity index (χ0v) is 18.6. The fourth-order valence-corrected chi connectivity index (χ4v) is 3.38. The molecular weight excluding hydrogens is 398 g/mol. The van der Waals surface area contributed by atoms with E-state index in [0.717, 1.165) is 24.8 Å². The summed E-state index contributed by atoms with van der Waals surface area (Å²) in [6.45, 7) is 6.98. The first-order chi connectivity index (χ1) is 14.8. The van der Waals surface area contributed by atoms with Crippen LogP contribution in [0.5, 0.6) is 5.75 Å². The van der Waals surface area contributed by atoms with Crippen LogP contribution >= 0.6 is 0 Å². The van der Waals surface area contributed by atoms with Crippen molar-refractivity contribution in [1.82, 2.24) is 19.1 Å². The lowest BCUT2D eigenvalue weighted by atomic mass is 10.1. The highest BCUT2D eigenvalue weighted by atomic mass is 16.5. The van der Waals surface area contributed by atoms with Gasteiger partial charge in [0.05, 0.1) is 6.54 Å². The van der Waals surface area contributed by atoms with Crippen molar-refractivity contribution < 1.29 is 9.84 Å². The van der Waals surface area contributed by atoms with E-state index in [1.54, 1.807) is 11.6 Å². The number of benzene rings is 1. The van der Waals surface area contributed by atoms with Gasteiger partial charge < -0.3 is 19.7 Å². The fourth-order valence-electron chi connectivity index (χ4n) is 3.38. The van der Waals surface area contributed by atoms with Crippen LogP contribution in [0.4, 0.5) is 5.95 Å². The topological polar surface area (TPSA) is 114 Å². The summed E-state index contributed by atoms with van der Waals surface area (Å²) in [6.07, 6.45) is 2.22. The van der Waals surface area contributed by atoms with E-state index in [-0.39, 0.29) is 24.3 Å². The number of unbranched alkanes of at least 4 members (excludes halogenated alkanes) is 2. The second-order valence-corrected chi connectivity index (χ2v) is 7.88. The van der Waals surface area contributed by atoms with Gasteiger partial charge in [0.15, 0.2) is 11.2 Å². The Kier molecular flexibility index (Phi) is 7.17. The molecule has 31 heavy (non-hydrogen) atoms. The van der Waals surface area contributed by atoms with Crippen LogP contribution in [0.15, 0.2) is 27.8 Å². The molecule has 0 amide bonds. The zero-order valence-electron chi connectivity index (χ0n) is 18.6. The summed E-state index contributed by atoms with van der Waals surface area (Å²) in [7, 11) is 1.55. The van der Waals surface area contributed by atoms with Crippen molar-refractivity contribution in [1.29, 1.82) is 0 Å². The Morgan fingerprint density at radius 1 is 1.23 bits per heavy atom. The van der Waals surface area contributed by atoms with Gasteiger partial charge in [0, 0.05) is 13.6 Å². The summed E-state index contributed by atoms with van der Waals surface area (Å²) in [5, 5.41) is 13.9. The van der Waals surface area contributed by atoms with Gasteiger partial charge in [0.2, 0.25) is 5.95 Å². The van der Waals surface area contributed by atoms with E-state index in [1.807, 2.05) is 32.0 Å². The Morgan fingerprint density at radius 3 is 2.71 bits per heavy atom. The van der Waals surface area contributed by atoms with Crippen LogP contribution in [0, 0.1) is 13.8 Å². The number of anilines is 1. The van der Waals surface area contributed by atoms with E-state index < -0.39 is 17.4 Å². The van der Waals surface area contributed by atoms with Crippen LogP contribution in [0.1, 0.15) is 37.3 Å². The van der Waals surface area contributed by atoms with Crippen LogP contribution in [0.3, 0.4) is 0 Å². The van der Waals surface area contributed by atoms with Gasteiger partial charge in [-0.15, -0.1) is 0 Å². The Bertz CT molecular complexity index is 1160. The van der Waals surface area contributed by atoms with Crippen LogP contribution in [0.25, 0.3) is 11.2 Å². The Labute approximate surface area is 180 Å². The monoisotopic (exact) mass is 429 g/mol. The number of rotatable bonds is 10. The molecule has 2 aromatic heterocycles. The summed E-state index contributed by atoms with van der Waals surface area (Å²) in [4.78, 5) is 31.3. The average molecular weight is 430 g/mol. The maximum absolute atomic E-state index is 12.5. The molecule has 3 rings (SSSR count). The number of aliphatic hydroxyl groups excluding tert-OH is 1. The van der Waals surface area contributed by atoms with E-state index in [2.05, 4.69) is 22.2 Å². The van der Waals surface area contributed by atoms with Crippen LogP contribution in [0.2, 0.25) is 0 Å². The summed E-state index contributed by atoms with van der Waals surface area (Å²) in [6, 6.07) is 5.76. The van der Waals surface area contributed by atoms with Gasteiger partial charge in [0.25, 0.3) is 5.56 Å². The van der Waals surface area contributed by atoms with E-state index >= 15 is 0 Å². The lowest BCUT2D eigenvalue weighted by molar-refractivity contribution is 0.0938. The molecule has 0 unspecified atom stereocenters. The third-order valence-corrected chi connectivity index (χ3v) is 5.38. The lowest BCUT2D eigenvalue weighted by Gasteiger charge is -2.16. The highest BCUT2D eigenvalue weighted by Gasteiger charge is 2.19. The molecule has 0 saturated heterocycles. The predicted molar refractivity (Wildman–Crippen MR) is 121 cm³/mol. The molecule has 0 radical (unpaired) electrons. The molecular formula is C22H31N5O4. The number of H-pyrrole nitrogens is 1. The second kappa shape index (κ2) is 9.82. The molecule has 1 aromatic carbocycles. The molecule has 0 bridgehead atoms. The molecule has 0 aliphatic heterocycles. The fraction of sp³-hybridized carbons (Fsp3) is 0.500. The average Bonchev–Trinajstić information content (AvgIpc) is 3.09. The summed E-state index contributed by atoms with van der Waals surface area (Å²) >= 11 is 0. The first-order valence-corrected chi connectivity index (χ1v) is 10.6. The summed E-state index contributed by atoms with van der Waals surface area (Å²) in [5.74, 6) is 1.12. The quantitative estimate of drug-likeness (QED) is 0.425. The molecule has 0 saturated carbocycles. The molecule has 9 heteroatoms. The molecule has 0 spiro atoms. The Morgan fingerprint density at radius 2 is 2.00 bits per heavy atom. The first kappa shape index (κ1) is 22.6. The SMILES string of the molecule is CCCCCNc1nc2c(c(=O)[nH]c(=O)n2C)n1C[C@H](O)COc1ccc(C)c(C)c1. The largest absolute Gasteiger partial charge is 0.491 e. The zero-order chi connectivity index (χ0) is 22.5. The van der Waals surface area contributed by atoms with E-state index in [4.69, 9.17) is 4.74 Å². The van der Waals surface area contributed by atoms with Crippen molar-refractivity contribution in [2.75, 3.05) is 18.5 Å². The van der Waals surface area contributed by atoms with Gasteiger partial charge in [-0.25, -0.2) is 4.79 Å². The molecule has 168 valence electrons. The molecule has 2 heterocycles. The van der Waals surface area contributed by atoms with Gasteiger partial charge in [-0.2, -0.15) is 4.98 Å². The predicted octanol–water partition coefficient (Wildman–Crippen LogP) is 2.08. The molecule has 3 N–H and O–H groups in total. The minimum absolute atomic E-state index is 0.0567. The number of imidazole rings is 1. The number of aryl methyl sites for hydroxylation is 3. The number of aromatic nitrogens is 4. The summed E-state index contributed by atoms with van der Waals surface area (Å²) in [5.41, 5.74) is 1.73. The molecule has 0 aliphatic rings. The van der Waals surface area contributed by atoms with Crippen molar-refractivity contribution in [2.24, 2.45) is 7.05 Å². The van der Waals surface area contributed by atoms with Gasteiger partial charge in [-0.3, -0.25) is 14.3 Å². The summed E-state index contributed by atoms with van der Waals surface area (Å²) < 4.78 is 8.66. The van der Waals surface area contributed by atoms with Crippen molar-refractivity contribution in [2.45, 2.75) is 52.7 Å². The number of nitrogens with zero attached hydrogens (tertiary/aromatic N) is 3. The number of aromatic amines is 1. The maximum atomic E-state index is 12.5. The van der Waals surface area contributed by atoms with Crippen molar-refractivity contribution in [3.05, 3.63) is 50.2 Å². The highest BCUT2D eigenvalue weighted by molar-refractivity contribution is 5.74. The number of hydrogen-bond donors (Lipinski definition) is 3. The van der Waals surface area contributed by atoms with Gasteiger partial charge in [-0.1, -0.05) is 25.8 Å². The van der Waals surface area contributed by atoms with E-state index in [9.17, 15) is 14.7 Å². The van der Waals surface area contributed by atoms with E-state index in [0.29, 0.717) is 18.2 Å². The Balaban J connectivity index is 1.84. The molecule has 0 aliphatic carbocycles. The normalized spacial score (nSPS) is 12.3. The van der Waals surface area contributed by atoms with E-state index in [1.165, 1.54) is 10.1 Å². The first-order valence-electron chi connectivity index (χ1n) is 10.6. The number of aliphatic hydroxyl groups is 1. The van der Waals surface area contributed by atoms with Crippen LogP contribution in [-0.4, -0.2) is 43.5 Å². The number of nitrogens with one attached hydrogen (secondary N) is 2. The minimum atomic E-state index is -0.883. The number of ether oxygens (including phenoxy) is 1. The Hall–Kier alpha value is -3.07. The van der Waals surface area contributed by atoms with Crippen molar-refractivity contribution in [3.8, 4) is 5.75 Å². The van der Waals surface area contributed by atoms with Crippen LogP contribution in [-0.2, 0) is 13.6 Å². The highest BCUT2D eigenvalue weighted by Crippen LogP contribution is 2.19. The van der Waals surface area contributed by atoms with Crippen molar-refractivity contribution >= 4 is 17.1 Å².